The fourth-order valence-corrected chi connectivity index (χ4v) is 4.38. The SMILES string of the molecule is Cc1cc(/C=C/C(=O)O[C@H](C)C(=O)N2c3ccccc3C[C@@H]2C)c(C)n1C1CC1. The number of hydrogen-bond donors (Lipinski definition) is 0. The Balaban J connectivity index is 1.42. The van der Waals surface area contributed by atoms with E-state index in [0.717, 1.165) is 23.2 Å². The smallest absolute Gasteiger partial charge is 0.331 e. The quantitative estimate of drug-likeness (QED) is 0.561. The Morgan fingerprint density at radius 2 is 1.93 bits per heavy atom. The summed E-state index contributed by atoms with van der Waals surface area (Å²) in [4.78, 5) is 27.0. The molecule has 5 heteroatoms. The van der Waals surface area contributed by atoms with Gasteiger partial charge in [-0.25, -0.2) is 4.79 Å². The van der Waals surface area contributed by atoms with Gasteiger partial charge in [-0.3, -0.25) is 4.79 Å². The zero-order valence-electron chi connectivity index (χ0n) is 17.5. The van der Waals surface area contributed by atoms with Crippen molar-refractivity contribution in [2.75, 3.05) is 4.90 Å². The van der Waals surface area contributed by atoms with Crippen LogP contribution in [0.3, 0.4) is 0 Å². The molecular formula is C24H28N2O3. The molecule has 2 aliphatic rings. The highest BCUT2D eigenvalue weighted by Crippen LogP contribution is 2.38. The first kappa shape index (κ1) is 19.5. The molecule has 29 heavy (non-hydrogen) atoms. The predicted octanol–water partition coefficient (Wildman–Crippen LogP) is 4.36. The molecule has 152 valence electrons. The molecule has 1 aliphatic carbocycles. The van der Waals surface area contributed by atoms with Gasteiger partial charge < -0.3 is 14.2 Å². The number of aryl methyl sites for hydroxylation is 1. The molecule has 1 amide bonds. The number of fused-ring (bicyclic) bond motifs is 1. The van der Waals surface area contributed by atoms with Crippen molar-refractivity contribution in [2.45, 2.75) is 65.1 Å². The number of carbonyl (C=O) groups excluding carboxylic acids is 2. The van der Waals surface area contributed by atoms with Gasteiger partial charge >= 0.3 is 5.97 Å². The number of benzene rings is 1. The van der Waals surface area contributed by atoms with Crippen molar-refractivity contribution in [1.29, 1.82) is 0 Å². The Kier molecular flexibility index (Phi) is 5.07. The molecule has 0 saturated heterocycles. The summed E-state index contributed by atoms with van der Waals surface area (Å²) >= 11 is 0. The van der Waals surface area contributed by atoms with Crippen LogP contribution in [0.4, 0.5) is 5.69 Å². The standard InChI is InChI=1S/C24H28N2O3/c1-15-13-19(17(3)25(15)21-10-11-21)9-12-23(27)29-18(4)24(28)26-16(2)14-20-7-5-6-8-22(20)26/h5-9,12-13,16,18,21H,10-11,14H2,1-4H3/b12-9+/t16-,18+/m0/s1. The first-order valence-corrected chi connectivity index (χ1v) is 10.3. The van der Waals surface area contributed by atoms with Crippen LogP contribution in [0.15, 0.2) is 36.4 Å². The van der Waals surface area contributed by atoms with E-state index in [4.69, 9.17) is 4.74 Å². The van der Waals surface area contributed by atoms with Crippen molar-refractivity contribution in [1.82, 2.24) is 4.57 Å². The number of rotatable bonds is 5. The lowest BCUT2D eigenvalue weighted by molar-refractivity contribution is -0.149. The monoisotopic (exact) mass is 392 g/mol. The van der Waals surface area contributed by atoms with Gasteiger partial charge in [-0.05, 0) is 76.3 Å². The summed E-state index contributed by atoms with van der Waals surface area (Å²) in [6.45, 7) is 7.83. The summed E-state index contributed by atoms with van der Waals surface area (Å²) in [5.41, 5.74) is 5.46. The van der Waals surface area contributed by atoms with E-state index in [0.29, 0.717) is 6.04 Å². The zero-order valence-corrected chi connectivity index (χ0v) is 17.5. The highest BCUT2D eigenvalue weighted by molar-refractivity contribution is 6.00. The van der Waals surface area contributed by atoms with E-state index < -0.39 is 12.1 Å². The van der Waals surface area contributed by atoms with Gasteiger partial charge in [0.05, 0.1) is 0 Å². The maximum Gasteiger partial charge on any atom is 0.331 e. The Labute approximate surface area is 172 Å². The van der Waals surface area contributed by atoms with Crippen LogP contribution in [-0.4, -0.2) is 28.6 Å². The molecule has 4 rings (SSSR count). The number of esters is 1. The van der Waals surface area contributed by atoms with Gasteiger partial charge in [-0.15, -0.1) is 0 Å². The number of para-hydroxylation sites is 1. The highest BCUT2D eigenvalue weighted by atomic mass is 16.5. The van der Waals surface area contributed by atoms with Gasteiger partial charge in [-0.2, -0.15) is 0 Å². The van der Waals surface area contributed by atoms with Crippen molar-refractivity contribution in [3.05, 3.63) is 58.9 Å². The van der Waals surface area contributed by atoms with E-state index in [2.05, 4.69) is 24.5 Å². The number of amides is 1. The normalized spacial score (nSPS) is 19.4. The Bertz CT molecular complexity index is 984. The molecule has 5 nitrogen and oxygen atoms in total. The molecule has 1 aliphatic heterocycles. The second-order valence-corrected chi connectivity index (χ2v) is 8.23. The third-order valence-corrected chi connectivity index (χ3v) is 5.92. The van der Waals surface area contributed by atoms with Crippen molar-refractivity contribution in [3.63, 3.8) is 0 Å². The highest BCUT2D eigenvalue weighted by Gasteiger charge is 2.34. The molecule has 2 heterocycles. The third-order valence-electron chi connectivity index (χ3n) is 5.92. The van der Waals surface area contributed by atoms with Crippen molar-refractivity contribution < 1.29 is 14.3 Å². The lowest BCUT2D eigenvalue weighted by Crippen LogP contribution is -2.43. The van der Waals surface area contributed by atoms with Crippen LogP contribution < -0.4 is 4.90 Å². The predicted molar refractivity (Wildman–Crippen MR) is 114 cm³/mol. The largest absolute Gasteiger partial charge is 0.449 e. The summed E-state index contributed by atoms with van der Waals surface area (Å²) in [5.74, 6) is -0.682. The minimum atomic E-state index is -0.834. The van der Waals surface area contributed by atoms with E-state index in [1.54, 1.807) is 17.9 Å². The van der Waals surface area contributed by atoms with Crippen LogP contribution in [0.2, 0.25) is 0 Å². The molecule has 0 radical (unpaired) electrons. The van der Waals surface area contributed by atoms with E-state index in [1.165, 1.54) is 30.3 Å². The van der Waals surface area contributed by atoms with Gasteiger partial charge in [0.15, 0.2) is 6.10 Å². The van der Waals surface area contributed by atoms with Gasteiger partial charge in [-0.1, -0.05) is 18.2 Å². The second-order valence-electron chi connectivity index (χ2n) is 8.23. The van der Waals surface area contributed by atoms with E-state index in [1.807, 2.05) is 31.2 Å². The minimum Gasteiger partial charge on any atom is -0.449 e. The van der Waals surface area contributed by atoms with Crippen LogP contribution in [0.1, 0.15) is 55.2 Å². The first-order chi connectivity index (χ1) is 13.9. The number of ether oxygens (including phenoxy) is 1. The molecule has 0 unspecified atom stereocenters. The minimum absolute atomic E-state index is 0.0596. The van der Waals surface area contributed by atoms with Crippen molar-refractivity contribution >= 4 is 23.6 Å². The van der Waals surface area contributed by atoms with Crippen LogP contribution in [0, 0.1) is 13.8 Å². The molecule has 0 spiro atoms. The number of carbonyl (C=O) groups is 2. The number of nitrogens with zero attached hydrogens (tertiary/aromatic N) is 2. The fraction of sp³-hybridized carbons (Fsp3) is 0.417. The second kappa shape index (κ2) is 7.54. The molecule has 2 aromatic rings. The van der Waals surface area contributed by atoms with E-state index in [-0.39, 0.29) is 11.9 Å². The number of hydrogen-bond acceptors (Lipinski definition) is 3. The average Bonchev–Trinajstić information content (AvgIpc) is 3.39. The summed E-state index contributed by atoms with van der Waals surface area (Å²) in [7, 11) is 0. The van der Waals surface area contributed by atoms with Gasteiger partial charge in [0.1, 0.15) is 0 Å². The van der Waals surface area contributed by atoms with Crippen LogP contribution >= 0.6 is 0 Å². The van der Waals surface area contributed by atoms with Gasteiger partial charge in [0.2, 0.25) is 0 Å². The lowest BCUT2D eigenvalue weighted by atomic mass is 10.1. The molecule has 1 aromatic carbocycles. The Morgan fingerprint density at radius 1 is 1.21 bits per heavy atom. The molecule has 2 atom stereocenters. The maximum atomic E-state index is 12.9. The first-order valence-electron chi connectivity index (χ1n) is 10.3. The third kappa shape index (κ3) is 3.74. The number of aromatic nitrogens is 1. The van der Waals surface area contributed by atoms with Gasteiger partial charge in [0, 0.05) is 35.2 Å². The lowest BCUT2D eigenvalue weighted by Gasteiger charge is -2.25. The van der Waals surface area contributed by atoms with Crippen LogP contribution in [0.5, 0.6) is 0 Å². The number of anilines is 1. The van der Waals surface area contributed by atoms with E-state index in [9.17, 15) is 9.59 Å². The molecule has 1 aromatic heterocycles. The molecular weight excluding hydrogens is 364 g/mol. The van der Waals surface area contributed by atoms with Crippen molar-refractivity contribution in [2.24, 2.45) is 0 Å². The molecule has 0 N–H and O–H groups in total. The summed E-state index contributed by atoms with van der Waals surface area (Å²) in [6.07, 6.45) is 5.63. The van der Waals surface area contributed by atoms with Gasteiger partial charge in [0.25, 0.3) is 5.91 Å². The van der Waals surface area contributed by atoms with E-state index >= 15 is 0 Å². The van der Waals surface area contributed by atoms with Crippen molar-refractivity contribution in [3.8, 4) is 0 Å². The molecule has 0 bridgehead atoms. The fourth-order valence-electron chi connectivity index (χ4n) is 4.38. The van der Waals surface area contributed by atoms with Crippen LogP contribution in [-0.2, 0) is 20.7 Å². The maximum absolute atomic E-state index is 12.9. The van der Waals surface area contributed by atoms with Crippen LogP contribution in [0.25, 0.3) is 6.08 Å². The average molecular weight is 392 g/mol. The Morgan fingerprint density at radius 3 is 2.66 bits per heavy atom. The summed E-state index contributed by atoms with van der Waals surface area (Å²) in [6, 6.07) is 10.6. The Hall–Kier alpha value is -2.82. The zero-order chi connectivity index (χ0) is 20.7. The summed E-state index contributed by atoms with van der Waals surface area (Å²) < 4.78 is 7.76. The molecule has 1 fully saturated rings. The molecule has 1 saturated carbocycles. The topological polar surface area (TPSA) is 51.5 Å². The summed E-state index contributed by atoms with van der Waals surface area (Å²) in [5, 5.41) is 0.